The van der Waals surface area contributed by atoms with Crippen molar-refractivity contribution >= 4 is 33.4 Å². The van der Waals surface area contributed by atoms with Gasteiger partial charge in [-0.3, -0.25) is 0 Å². The van der Waals surface area contributed by atoms with Crippen LogP contribution in [0.3, 0.4) is 0 Å². The van der Waals surface area contributed by atoms with E-state index in [0.717, 1.165) is 10.2 Å². The first kappa shape index (κ1) is 11.8. The van der Waals surface area contributed by atoms with E-state index in [1.54, 1.807) is 6.92 Å². The molecule has 2 aromatic heterocycles. The first-order valence-electron chi connectivity index (χ1n) is 5.02. The number of hydrogen-bond donors (Lipinski definition) is 1. The minimum Gasteiger partial charge on any atom is -0.462 e. The molecule has 0 unspecified atom stereocenters. The summed E-state index contributed by atoms with van der Waals surface area (Å²) in [5.41, 5.74) is 7.42. The number of hydrogen-bond acceptors (Lipinski definition) is 5. The van der Waals surface area contributed by atoms with Crippen molar-refractivity contribution in [3.8, 4) is 0 Å². The van der Waals surface area contributed by atoms with Gasteiger partial charge in [-0.15, -0.1) is 0 Å². The Hall–Kier alpha value is -1.63. The van der Waals surface area contributed by atoms with Gasteiger partial charge in [0.1, 0.15) is 11.4 Å². The van der Waals surface area contributed by atoms with Crippen LogP contribution in [0.15, 0.2) is 10.7 Å². The molecule has 0 aliphatic carbocycles. The maximum Gasteiger partial charge on any atom is 0.343 e. The molecule has 0 spiro atoms. The average Bonchev–Trinajstić information content (AvgIpc) is 2.58. The summed E-state index contributed by atoms with van der Waals surface area (Å²) in [5, 5.41) is 4.19. The molecule has 2 aromatic rings. The zero-order valence-corrected chi connectivity index (χ0v) is 11.0. The highest BCUT2D eigenvalue weighted by Gasteiger charge is 2.17. The van der Waals surface area contributed by atoms with Crippen LogP contribution in [-0.2, 0) is 4.74 Å². The lowest BCUT2D eigenvalue weighted by Gasteiger charge is -2.05. The largest absolute Gasteiger partial charge is 0.462 e. The van der Waals surface area contributed by atoms with Gasteiger partial charge in [0.05, 0.1) is 16.8 Å². The maximum absolute atomic E-state index is 11.6. The van der Waals surface area contributed by atoms with Crippen molar-refractivity contribution in [2.75, 3.05) is 12.3 Å². The molecular weight excluding hydrogens is 288 g/mol. The molecule has 0 saturated carbocycles. The lowest BCUT2D eigenvalue weighted by atomic mass is 10.3. The van der Waals surface area contributed by atoms with Crippen LogP contribution in [0.5, 0.6) is 0 Å². The van der Waals surface area contributed by atoms with Crippen molar-refractivity contribution in [1.29, 1.82) is 0 Å². The number of carbonyl (C=O) groups is 1. The number of ether oxygens (including phenoxy) is 1. The van der Waals surface area contributed by atoms with E-state index in [9.17, 15) is 4.79 Å². The maximum atomic E-state index is 11.6. The summed E-state index contributed by atoms with van der Waals surface area (Å²) in [6.07, 6.45) is 1.40. The van der Waals surface area contributed by atoms with Crippen LogP contribution in [-0.4, -0.2) is 27.2 Å². The first-order chi connectivity index (χ1) is 8.06. The Bertz CT molecular complexity index is 593. The number of aryl methyl sites for hydroxylation is 1. The van der Waals surface area contributed by atoms with Crippen LogP contribution in [0.2, 0.25) is 0 Å². The zero-order valence-electron chi connectivity index (χ0n) is 9.40. The average molecular weight is 299 g/mol. The van der Waals surface area contributed by atoms with E-state index >= 15 is 0 Å². The fraction of sp³-hybridized carbons (Fsp3) is 0.300. The van der Waals surface area contributed by atoms with E-state index in [1.807, 2.05) is 6.92 Å². The lowest BCUT2D eigenvalue weighted by Crippen LogP contribution is -2.12. The van der Waals surface area contributed by atoms with Crippen LogP contribution < -0.4 is 5.73 Å². The highest BCUT2D eigenvalue weighted by Crippen LogP contribution is 2.23. The molecule has 0 atom stereocenters. The van der Waals surface area contributed by atoms with Gasteiger partial charge in [0.15, 0.2) is 5.65 Å². The van der Waals surface area contributed by atoms with Gasteiger partial charge in [0.2, 0.25) is 0 Å². The Labute approximate surface area is 106 Å². The summed E-state index contributed by atoms with van der Waals surface area (Å²) in [6.45, 7) is 3.84. The zero-order chi connectivity index (χ0) is 12.6. The fourth-order valence-electron chi connectivity index (χ4n) is 1.45. The number of nitrogens with two attached hydrogens (primary N) is 1. The molecule has 0 radical (unpaired) electrons. The van der Waals surface area contributed by atoms with Crippen LogP contribution in [0, 0.1) is 6.92 Å². The summed E-state index contributed by atoms with van der Waals surface area (Å²) in [7, 11) is 0. The van der Waals surface area contributed by atoms with Crippen molar-refractivity contribution in [2.24, 2.45) is 0 Å². The summed E-state index contributed by atoms with van der Waals surface area (Å²) >= 11 is 3.36. The van der Waals surface area contributed by atoms with Crippen LogP contribution in [0.4, 0.5) is 5.82 Å². The number of fused-ring (bicyclic) bond motifs is 1. The van der Waals surface area contributed by atoms with Gasteiger partial charge in [-0.2, -0.15) is 9.61 Å². The molecule has 2 N–H and O–H groups in total. The molecule has 0 amide bonds. The van der Waals surface area contributed by atoms with E-state index in [-0.39, 0.29) is 18.0 Å². The standard InChI is InChI=1S/C10H11BrN4O2/c1-3-17-10(16)6-4-13-9-7(11)5(2)14-15(9)8(6)12/h4H,3,12H2,1-2H3. The highest BCUT2D eigenvalue weighted by molar-refractivity contribution is 9.10. The third kappa shape index (κ3) is 1.86. The SMILES string of the molecule is CCOC(=O)c1cnc2c(Br)c(C)nn2c1N. The molecule has 6 nitrogen and oxygen atoms in total. The van der Waals surface area contributed by atoms with Gasteiger partial charge in [0, 0.05) is 6.20 Å². The Morgan fingerprint density at radius 2 is 2.35 bits per heavy atom. The van der Waals surface area contributed by atoms with E-state index in [0.29, 0.717) is 5.65 Å². The highest BCUT2D eigenvalue weighted by atomic mass is 79.9. The molecule has 0 bridgehead atoms. The van der Waals surface area contributed by atoms with Gasteiger partial charge in [-0.1, -0.05) is 0 Å². The number of aromatic nitrogens is 3. The summed E-state index contributed by atoms with van der Waals surface area (Å²) in [5.74, 6) is -0.272. The molecule has 0 fully saturated rings. The normalized spacial score (nSPS) is 10.8. The second-order valence-corrected chi connectivity index (χ2v) is 4.21. The monoisotopic (exact) mass is 298 g/mol. The van der Waals surface area contributed by atoms with Gasteiger partial charge in [-0.25, -0.2) is 9.78 Å². The molecule has 90 valence electrons. The number of anilines is 1. The number of carbonyl (C=O) groups excluding carboxylic acids is 1. The number of rotatable bonds is 2. The van der Waals surface area contributed by atoms with Crippen molar-refractivity contribution in [1.82, 2.24) is 14.6 Å². The van der Waals surface area contributed by atoms with E-state index in [4.69, 9.17) is 10.5 Å². The van der Waals surface area contributed by atoms with Crippen molar-refractivity contribution in [3.05, 3.63) is 21.9 Å². The Morgan fingerprint density at radius 1 is 1.65 bits per heavy atom. The minimum atomic E-state index is -0.497. The topological polar surface area (TPSA) is 82.5 Å². The molecule has 0 saturated heterocycles. The number of nitrogen functional groups attached to an aromatic ring is 1. The number of esters is 1. The second kappa shape index (κ2) is 4.33. The molecule has 17 heavy (non-hydrogen) atoms. The quantitative estimate of drug-likeness (QED) is 0.851. The Balaban J connectivity index is 2.62. The predicted molar refractivity (Wildman–Crippen MR) is 65.8 cm³/mol. The molecular formula is C10H11BrN4O2. The van der Waals surface area contributed by atoms with Crippen LogP contribution in [0.1, 0.15) is 23.0 Å². The number of nitrogens with zero attached hydrogens (tertiary/aromatic N) is 3. The summed E-state index contributed by atoms with van der Waals surface area (Å²) in [6, 6.07) is 0. The van der Waals surface area contributed by atoms with Gasteiger partial charge in [0.25, 0.3) is 0 Å². The van der Waals surface area contributed by atoms with Gasteiger partial charge in [-0.05, 0) is 29.8 Å². The Kier molecular flexibility index (Phi) is 3.01. The third-order valence-corrected chi connectivity index (χ3v) is 3.21. The van der Waals surface area contributed by atoms with E-state index in [1.165, 1.54) is 10.7 Å². The smallest absolute Gasteiger partial charge is 0.343 e. The molecule has 2 heterocycles. The minimum absolute atomic E-state index is 0.217. The predicted octanol–water partition coefficient (Wildman–Crippen LogP) is 1.56. The van der Waals surface area contributed by atoms with Gasteiger partial charge < -0.3 is 10.5 Å². The molecule has 0 aliphatic heterocycles. The molecule has 7 heteroatoms. The fourth-order valence-corrected chi connectivity index (χ4v) is 1.80. The van der Waals surface area contributed by atoms with Crippen LogP contribution in [0.25, 0.3) is 5.65 Å². The third-order valence-electron chi connectivity index (χ3n) is 2.28. The Morgan fingerprint density at radius 3 is 3.00 bits per heavy atom. The molecule has 0 aliphatic rings. The summed E-state index contributed by atoms with van der Waals surface area (Å²) in [4.78, 5) is 15.7. The van der Waals surface area contributed by atoms with Gasteiger partial charge >= 0.3 is 5.97 Å². The van der Waals surface area contributed by atoms with E-state index in [2.05, 4.69) is 26.0 Å². The summed E-state index contributed by atoms with van der Waals surface area (Å²) < 4.78 is 7.07. The first-order valence-corrected chi connectivity index (χ1v) is 5.82. The van der Waals surface area contributed by atoms with Crippen LogP contribution >= 0.6 is 15.9 Å². The lowest BCUT2D eigenvalue weighted by molar-refractivity contribution is 0.0526. The molecule has 0 aromatic carbocycles. The van der Waals surface area contributed by atoms with E-state index < -0.39 is 5.97 Å². The van der Waals surface area contributed by atoms with Crippen molar-refractivity contribution in [3.63, 3.8) is 0 Å². The second-order valence-electron chi connectivity index (χ2n) is 3.41. The number of halogens is 1. The van der Waals surface area contributed by atoms with Crippen molar-refractivity contribution < 1.29 is 9.53 Å². The molecule has 2 rings (SSSR count). The van der Waals surface area contributed by atoms with Crippen molar-refractivity contribution in [2.45, 2.75) is 13.8 Å².